The lowest BCUT2D eigenvalue weighted by atomic mass is 9.67. The monoisotopic (exact) mass is 474 g/mol. The fraction of sp³-hybridized carbons (Fsp3) is 0.333. The minimum atomic E-state index is -1.56. The van der Waals surface area contributed by atoms with E-state index in [0.717, 1.165) is 5.56 Å². The number of barbiturate groups is 1. The summed E-state index contributed by atoms with van der Waals surface area (Å²) in [5.41, 5.74) is 0.485. The van der Waals surface area contributed by atoms with E-state index in [4.69, 9.17) is 14.2 Å². The number of nitrogens with zero attached hydrogens (tertiary/aromatic N) is 4. The molecule has 35 heavy (non-hydrogen) atoms. The molecule has 6 rings (SSSR count). The first-order valence-corrected chi connectivity index (χ1v) is 11.3. The van der Waals surface area contributed by atoms with E-state index in [1.54, 1.807) is 6.20 Å². The van der Waals surface area contributed by atoms with Crippen LogP contribution in [0.25, 0.3) is 22.8 Å². The molecule has 11 nitrogen and oxygen atoms in total. The van der Waals surface area contributed by atoms with Crippen LogP contribution in [-0.2, 0) is 20.7 Å². The van der Waals surface area contributed by atoms with Crippen molar-refractivity contribution in [2.24, 2.45) is 5.41 Å². The Labute approximate surface area is 199 Å². The SMILES string of the molecule is C[C@@H]1CN2c3ncc(-c4noc(-c5ccccc5)n4)cc3CC3(C(=O)NC(=O)NC3=O)[C@H]2[C@H](C)O1. The molecule has 5 heterocycles. The van der Waals surface area contributed by atoms with E-state index < -0.39 is 35.4 Å². The lowest BCUT2D eigenvalue weighted by molar-refractivity contribution is -0.153. The van der Waals surface area contributed by atoms with Crippen LogP contribution in [0.5, 0.6) is 0 Å². The van der Waals surface area contributed by atoms with Crippen molar-refractivity contribution in [3.8, 4) is 22.8 Å². The van der Waals surface area contributed by atoms with Gasteiger partial charge in [0.2, 0.25) is 17.6 Å². The molecule has 3 atom stereocenters. The number of ether oxygens (including phenoxy) is 1. The number of imide groups is 2. The number of nitrogens with one attached hydrogen (secondary N) is 2. The molecule has 0 bridgehead atoms. The Hall–Kier alpha value is -4.12. The fourth-order valence-corrected chi connectivity index (χ4v) is 5.46. The number of anilines is 1. The van der Waals surface area contributed by atoms with Gasteiger partial charge in [-0.3, -0.25) is 20.2 Å². The summed E-state index contributed by atoms with van der Waals surface area (Å²) in [6.45, 7) is 4.19. The third kappa shape index (κ3) is 3.22. The number of carbonyl (C=O) groups excluding carboxylic acids is 3. The number of amides is 4. The summed E-state index contributed by atoms with van der Waals surface area (Å²) in [4.78, 5) is 49.5. The molecule has 0 aliphatic carbocycles. The molecular formula is C24H22N6O5. The highest BCUT2D eigenvalue weighted by atomic mass is 16.5. The Morgan fingerprint density at radius 1 is 1.06 bits per heavy atom. The van der Waals surface area contributed by atoms with Crippen LogP contribution in [0.15, 0.2) is 47.1 Å². The molecule has 2 saturated heterocycles. The van der Waals surface area contributed by atoms with Crippen LogP contribution in [0.1, 0.15) is 19.4 Å². The predicted molar refractivity (Wildman–Crippen MR) is 122 cm³/mol. The number of hydrogen-bond acceptors (Lipinski definition) is 9. The van der Waals surface area contributed by atoms with Crippen LogP contribution >= 0.6 is 0 Å². The summed E-state index contributed by atoms with van der Waals surface area (Å²) < 4.78 is 11.5. The molecule has 2 N–H and O–H groups in total. The number of rotatable bonds is 2. The van der Waals surface area contributed by atoms with E-state index in [9.17, 15) is 14.4 Å². The molecule has 2 aromatic heterocycles. The van der Waals surface area contributed by atoms with Gasteiger partial charge in [0, 0.05) is 30.3 Å². The number of hydrogen-bond donors (Lipinski definition) is 2. The number of pyridine rings is 1. The van der Waals surface area contributed by atoms with Crippen molar-refractivity contribution in [2.45, 2.75) is 38.5 Å². The first-order chi connectivity index (χ1) is 16.9. The van der Waals surface area contributed by atoms with Crippen molar-refractivity contribution in [3.63, 3.8) is 0 Å². The summed E-state index contributed by atoms with van der Waals surface area (Å²) in [7, 11) is 0. The third-order valence-corrected chi connectivity index (χ3v) is 6.84. The normalized spacial score (nSPS) is 25.0. The zero-order chi connectivity index (χ0) is 24.3. The topological polar surface area (TPSA) is 140 Å². The Kier molecular flexibility index (Phi) is 4.71. The van der Waals surface area contributed by atoms with Gasteiger partial charge in [0.15, 0.2) is 5.41 Å². The maximum Gasteiger partial charge on any atom is 0.328 e. The van der Waals surface area contributed by atoms with E-state index in [0.29, 0.717) is 35.2 Å². The third-order valence-electron chi connectivity index (χ3n) is 6.84. The smallest absolute Gasteiger partial charge is 0.328 e. The van der Waals surface area contributed by atoms with Crippen molar-refractivity contribution in [1.29, 1.82) is 0 Å². The highest BCUT2D eigenvalue weighted by Crippen LogP contribution is 2.46. The van der Waals surface area contributed by atoms with Gasteiger partial charge in [-0.2, -0.15) is 4.98 Å². The number of urea groups is 1. The molecule has 178 valence electrons. The lowest BCUT2D eigenvalue weighted by Crippen LogP contribution is -2.75. The highest BCUT2D eigenvalue weighted by molar-refractivity contribution is 6.20. The number of fused-ring (bicyclic) bond motifs is 4. The van der Waals surface area contributed by atoms with E-state index in [-0.39, 0.29) is 12.5 Å². The lowest BCUT2D eigenvalue weighted by Gasteiger charge is -2.54. The van der Waals surface area contributed by atoms with Crippen LogP contribution in [0.2, 0.25) is 0 Å². The minimum Gasteiger partial charge on any atom is -0.372 e. The summed E-state index contributed by atoms with van der Waals surface area (Å²) in [5.74, 6) is 0.0825. The average Bonchev–Trinajstić information content (AvgIpc) is 3.33. The second kappa shape index (κ2) is 7.70. The molecule has 1 spiro atoms. The van der Waals surface area contributed by atoms with Crippen molar-refractivity contribution in [3.05, 3.63) is 48.2 Å². The van der Waals surface area contributed by atoms with Gasteiger partial charge in [-0.25, -0.2) is 9.78 Å². The molecule has 0 radical (unpaired) electrons. The van der Waals surface area contributed by atoms with E-state index in [1.807, 2.05) is 55.1 Å². The van der Waals surface area contributed by atoms with Gasteiger partial charge in [-0.15, -0.1) is 0 Å². The van der Waals surface area contributed by atoms with Crippen LogP contribution in [-0.4, -0.2) is 57.8 Å². The van der Waals surface area contributed by atoms with Crippen LogP contribution in [0, 0.1) is 5.41 Å². The molecule has 0 unspecified atom stereocenters. The quantitative estimate of drug-likeness (QED) is 0.531. The fourth-order valence-electron chi connectivity index (χ4n) is 5.46. The van der Waals surface area contributed by atoms with Gasteiger partial charge in [0.1, 0.15) is 5.82 Å². The number of benzene rings is 1. The molecule has 11 heteroatoms. The molecule has 1 aromatic carbocycles. The van der Waals surface area contributed by atoms with Crippen molar-refractivity contribution < 1.29 is 23.6 Å². The molecule has 3 aliphatic heterocycles. The van der Waals surface area contributed by atoms with Crippen LogP contribution < -0.4 is 15.5 Å². The van der Waals surface area contributed by atoms with Gasteiger partial charge < -0.3 is 14.2 Å². The van der Waals surface area contributed by atoms with Gasteiger partial charge in [-0.1, -0.05) is 23.4 Å². The second-order valence-corrected chi connectivity index (χ2v) is 9.13. The number of carbonyl (C=O) groups is 3. The van der Waals surface area contributed by atoms with Gasteiger partial charge in [0.05, 0.1) is 18.2 Å². The van der Waals surface area contributed by atoms with Gasteiger partial charge in [-0.05, 0) is 37.6 Å². The van der Waals surface area contributed by atoms with Crippen LogP contribution in [0.3, 0.4) is 0 Å². The molecule has 2 fully saturated rings. The average molecular weight is 474 g/mol. The molecule has 3 aromatic rings. The predicted octanol–water partition coefficient (Wildman–Crippen LogP) is 1.69. The van der Waals surface area contributed by atoms with Gasteiger partial charge >= 0.3 is 6.03 Å². The molecule has 0 saturated carbocycles. The van der Waals surface area contributed by atoms with Crippen molar-refractivity contribution in [2.75, 3.05) is 11.4 Å². The summed E-state index contributed by atoms with van der Waals surface area (Å²) in [5, 5.41) is 8.66. The van der Waals surface area contributed by atoms with Crippen molar-refractivity contribution in [1.82, 2.24) is 25.8 Å². The Morgan fingerprint density at radius 2 is 1.80 bits per heavy atom. The van der Waals surface area contributed by atoms with E-state index >= 15 is 0 Å². The summed E-state index contributed by atoms with van der Waals surface area (Å²) in [6, 6.07) is 9.76. The summed E-state index contributed by atoms with van der Waals surface area (Å²) >= 11 is 0. The first-order valence-electron chi connectivity index (χ1n) is 11.3. The number of morpholine rings is 1. The van der Waals surface area contributed by atoms with E-state index in [2.05, 4.69) is 20.8 Å². The Balaban J connectivity index is 1.45. The zero-order valence-electron chi connectivity index (χ0n) is 19.0. The zero-order valence-corrected chi connectivity index (χ0v) is 19.0. The maximum absolute atomic E-state index is 13.3. The highest BCUT2D eigenvalue weighted by Gasteiger charge is 2.63. The Bertz CT molecular complexity index is 1340. The minimum absolute atomic E-state index is 0.0424. The Morgan fingerprint density at radius 3 is 2.54 bits per heavy atom. The summed E-state index contributed by atoms with van der Waals surface area (Å²) in [6.07, 6.45) is 1.10. The van der Waals surface area contributed by atoms with Crippen molar-refractivity contribution >= 4 is 23.7 Å². The standard InChI is InChI=1S/C24H22N6O5/c1-12-11-30-17(13(2)34-12)24(21(31)27-23(33)28-22(24)32)9-15-8-16(10-25-19(15)30)18-26-20(35-29-18)14-6-4-3-5-7-14/h3-8,10,12-13,17H,9,11H2,1-2H3,(H2,27,28,31,32,33)/t12-,13+,17-/m1/s1. The van der Waals surface area contributed by atoms with Crippen LogP contribution in [0.4, 0.5) is 10.6 Å². The van der Waals surface area contributed by atoms with Gasteiger partial charge in [0.25, 0.3) is 5.89 Å². The molecule has 3 aliphatic rings. The maximum atomic E-state index is 13.3. The van der Waals surface area contributed by atoms with E-state index in [1.165, 1.54) is 0 Å². The first kappa shape index (κ1) is 21.4. The second-order valence-electron chi connectivity index (χ2n) is 9.13. The largest absolute Gasteiger partial charge is 0.372 e. The number of aromatic nitrogens is 3. The molecule has 4 amide bonds. The molecular weight excluding hydrogens is 452 g/mol.